The average molecular weight is 361 g/mol. The van der Waals surface area contributed by atoms with Crippen LogP contribution in [0, 0.1) is 6.92 Å². The number of nitrogens with zero attached hydrogens (tertiary/aromatic N) is 3. The average Bonchev–Trinajstić information content (AvgIpc) is 2.96. The predicted octanol–water partition coefficient (Wildman–Crippen LogP) is 2.37. The van der Waals surface area contributed by atoms with Crippen molar-refractivity contribution in [2.45, 2.75) is 44.4 Å². The van der Waals surface area contributed by atoms with E-state index >= 15 is 0 Å². The number of nitrogens with one attached hydrogen (secondary N) is 2. The van der Waals surface area contributed by atoms with Crippen LogP contribution in [0.15, 0.2) is 28.0 Å². The lowest BCUT2D eigenvalue weighted by Gasteiger charge is -2.28. The molecule has 0 atom stereocenters. The third kappa shape index (κ3) is 2.83. The number of alkyl halides is 2. The molecule has 1 aliphatic carbocycles. The van der Waals surface area contributed by atoms with Crippen molar-refractivity contribution in [1.29, 1.82) is 0 Å². The zero-order valence-corrected chi connectivity index (χ0v) is 14.1. The van der Waals surface area contributed by atoms with Crippen LogP contribution in [0.5, 0.6) is 0 Å². The number of aromatic amines is 2. The molecule has 3 heterocycles. The van der Waals surface area contributed by atoms with Gasteiger partial charge in [-0.2, -0.15) is 5.10 Å². The van der Waals surface area contributed by atoms with Gasteiger partial charge in [-0.25, -0.2) is 23.1 Å². The van der Waals surface area contributed by atoms with Gasteiger partial charge in [0.05, 0.1) is 23.1 Å². The van der Waals surface area contributed by atoms with Crippen LogP contribution in [0.25, 0.3) is 16.9 Å². The first-order chi connectivity index (χ1) is 12.3. The number of rotatable bonds is 2. The highest BCUT2D eigenvalue weighted by Gasteiger charge is 2.36. The Morgan fingerprint density at radius 2 is 2.00 bits per heavy atom. The second kappa shape index (κ2) is 5.86. The van der Waals surface area contributed by atoms with Gasteiger partial charge in [0.25, 0.3) is 5.56 Å². The van der Waals surface area contributed by atoms with Gasteiger partial charge in [-0.15, -0.1) is 0 Å². The Labute approximate surface area is 146 Å². The van der Waals surface area contributed by atoms with Gasteiger partial charge in [0.2, 0.25) is 5.92 Å². The molecule has 0 radical (unpaired) electrons. The minimum Gasteiger partial charge on any atom is -0.313 e. The minimum absolute atomic E-state index is 0.0810. The normalized spacial score (nSPS) is 17.7. The number of hydrogen-bond acceptors (Lipinski definition) is 4. The molecule has 136 valence electrons. The molecule has 1 aliphatic rings. The molecule has 0 bridgehead atoms. The largest absolute Gasteiger partial charge is 0.325 e. The molecule has 26 heavy (non-hydrogen) atoms. The van der Waals surface area contributed by atoms with Crippen LogP contribution in [0.1, 0.15) is 42.9 Å². The van der Waals surface area contributed by atoms with Crippen molar-refractivity contribution in [3.05, 3.63) is 50.6 Å². The Hall–Kier alpha value is -2.84. The molecule has 0 aromatic carbocycles. The molecular weight excluding hydrogens is 344 g/mol. The summed E-state index contributed by atoms with van der Waals surface area (Å²) >= 11 is 0. The van der Waals surface area contributed by atoms with E-state index in [2.05, 4.69) is 20.1 Å². The SMILES string of the molecule is Cc1cnc2c(C3CCC(F)(F)CC3)cc(-c3c[nH]c(=O)[nH]c3=O)nn12. The van der Waals surface area contributed by atoms with Crippen molar-refractivity contribution < 1.29 is 8.78 Å². The first-order valence-corrected chi connectivity index (χ1v) is 8.39. The summed E-state index contributed by atoms with van der Waals surface area (Å²) in [4.78, 5) is 32.4. The van der Waals surface area contributed by atoms with Crippen LogP contribution in [-0.4, -0.2) is 30.5 Å². The van der Waals surface area contributed by atoms with Crippen molar-refractivity contribution in [2.24, 2.45) is 0 Å². The highest BCUT2D eigenvalue weighted by Crippen LogP contribution is 2.42. The molecular formula is C17H17F2N5O2. The zero-order valence-electron chi connectivity index (χ0n) is 14.1. The monoisotopic (exact) mass is 361 g/mol. The highest BCUT2D eigenvalue weighted by molar-refractivity contribution is 5.62. The molecule has 0 aliphatic heterocycles. The van der Waals surface area contributed by atoms with E-state index in [4.69, 9.17) is 0 Å². The fourth-order valence-electron chi connectivity index (χ4n) is 3.49. The number of fused-ring (bicyclic) bond motifs is 1. The van der Waals surface area contributed by atoms with E-state index in [0.717, 1.165) is 11.3 Å². The number of imidazole rings is 1. The second-order valence-electron chi connectivity index (χ2n) is 6.74. The summed E-state index contributed by atoms with van der Waals surface area (Å²) in [6.45, 7) is 1.83. The maximum Gasteiger partial charge on any atom is 0.325 e. The van der Waals surface area contributed by atoms with Crippen LogP contribution < -0.4 is 11.2 Å². The molecule has 3 aromatic rings. The summed E-state index contributed by atoms with van der Waals surface area (Å²) in [7, 11) is 0. The van der Waals surface area contributed by atoms with Crippen molar-refractivity contribution in [3.63, 3.8) is 0 Å². The van der Waals surface area contributed by atoms with E-state index in [1.54, 1.807) is 16.8 Å². The summed E-state index contributed by atoms with van der Waals surface area (Å²) in [5, 5.41) is 4.44. The Morgan fingerprint density at radius 1 is 1.27 bits per heavy atom. The lowest BCUT2D eigenvalue weighted by molar-refractivity contribution is -0.0381. The van der Waals surface area contributed by atoms with Crippen LogP contribution in [-0.2, 0) is 0 Å². The number of aryl methyl sites for hydroxylation is 1. The van der Waals surface area contributed by atoms with Gasteiger partial charge in [0, 0.05) is 24.6 Å². The van der Waals surface area contributed by atoms with Crippen LogP contribution >= 0.6 is 0 Å². The fraction of sp³-hybridized carbons (Fsp3) is 0.412. The topological polar surface area (TPSA) is 95.9 Å². The van der Waals surface area contributed by atoms with E-state index in [1.165, 1.54) is 6.20 Å². The first-order valence-electron chi connectivity index (χ1n) is 8.39. The maximum atomic E-state index is 13.5. The van der Waals surface area contributed by atoms with Crippen molar-refractivity contribution >= 4 is 5.65 Å². The maximum absolute atomic E-state index is 13.5. The van der Waals surface area contributed by atoms with Gasteiger partial charge >= 0.3 is 5.69 Å². The van der Waals surface area contributed by atoms with Gasteiger partial charge in [-0.1, -0.05) is 0 Å². The third-order valence-corrected chi connectivity index (χ3v) is 4.92. The first kappa shape index (κ1) is 16.6. The number of H-pyrrole nitrogens is 2. The molecule has 4 rings (SSSR count). The van der Waals surface area contributed by atoms with Crippen LogP contribution in [0.2, 0.25) is 0 Å². The van der Waals surface area contributed by atoms with E-state index in [0.29, 0.717) is 24.2 Å². The quantitative estimate of drug-likeness (QED) is 0.732. The minimum atomic E-state index is -2.62. The lowest BCUT2D eigenvalue weighted by atomic mass is 9.82. The predicted molar refractivity (Wildman–Crippen MR) is 90.6 cm³/mol. The summed E-state index contributed by atoms with van der Waals surface area (Å²) in [6, 6.07) is 1.72. The second-order valence-corrected chi connectivity index (χ2v) is 6.74. The molecule has 0 saturated heterocycles. The number of halogens is 2. The van der Waals surface area contributed by atoms with Gasteiger partial charge in [0.1, 0.15) is 0 Å². The molecule has 1 fully saturated rings. The van der Waals surface area contributed by atoms with E-state index in [-0.39, 0.29) is 24.3 Å². The third-order valence-electron chi connectivity index (χ3n) is 4.92. The molecule has 1 saturated carbocycles. The summed E-state index contributed by atoms with van der Waals surface area (Å²) in [5.74, 6) is -2.70. The van der Waals surface area contributed by atoms with E-state index in [9.17, 15) is 18.4 Å². The van der Waals surface area contributed by atoms with Gasteiger partial charge in [0.15, 0.2) is 5.65 Å². The molecule has 0 amide bonds. The van der Waals surface area contributed by atoms with Crippen molar-refractivity contribution in [1.82, 2.24) is 24.6 Å². The fourth-order valence-corrected chi connectivity index (χ4v) is 3.49. The molecule has 0 unspecified atom stereocenters. The van der Waals surface area contributed by atoms with Crippen LogP contribution in [0.3, 0.4) is 0 Å². The molecule has 9 heteroatoms. The molecule has 3 aromatic heterocycles. The molecule has 7 nitrogen and oxygen atoms in total. The summed E-state index contributed by atoms with van der Waals surface area (Å²) in [5.41, 5.74) is 1.59. The number of aromatic nitrogens is 5. The highest BCUT2D eigenvalue weighted by atomic mass is 19.3. The molecule has 0 spiro atoms. The Morgan fingerprint density at radius 3 is 2.69 bits per heavy atom. The van der Waals surface area contributed by atoms with Gasteiger partial charge < -0.3 is 4.98 Å². The standard InChI is InChI=1S/C17H17F2N5O2/c1-9-7-20-14-11(10-2-4-17(18,19)5-3-10)6-13(23-24(9)14)12-8-21-16(26)22-15(12)25/h6-8,10H,2-5H2,1H3,(H2,21,22,25,26). The molecule has 2 N–H and O–H groups in total. The lowest BCUT2D eigenvalue weighted by Crippen LogP contribution is -2.25. The summed E-state index contributed by atoms with van der Waals surface area (Å²) < 4.78 is 28.7. The Kier molecular flexibility index (Phi) is 3.74. The summed E-state index contributed by atoms with van der Waals surface area (Å²) in [6.07, 6.45) is 3.32. The van der Waals surface area contributed by atoms with Gasteiger partial charge in [-0.05, 0) is 31.7 Å². The smallest absolute Gasteiger partial charge is 0.313 e. The zero-order chi connectivity index (χ0) is 18.5. The Balaban J connectivity index is 1.87. The van der Waals surface area contributed by atoms with Crippen LogP contribution in [0.4, 0.5) is 8.78 Å². The Bertz CT molecular complexity index is 1090. The van der Waals surface area contributed by atoms with E-state index in [1.807, 2.05) is 6.92 Å². The van der Waals surface area contributed by atoms with E-state index < -0.39 is 17.2 Å². The van der Waals surface area contributed by atoms with Gasteiger partial charge in [-0.3, -0.25) is 9.78 Å². The van der Waals surface area contributed by atoms with Crippen molar-refractivity contribution in [2.75, 3.05) is 0 Å². The van der Waals surface area contributed by atoms with Crippen molar-refractivity contribution in [3.8, 4) is 11.3 Å². The number of hydrogen-bond donors (Lipinski definition) is 2.